The number of hydrogen-bond acceptors (Lipinski definition) is 5. The van der Waals surface area contributed by atoms with Crippen LogP contribution in [-0.4, -0.2) is 28.5 Å². The van der Waals surface area contributed by atoms with Gasteiger partial charge in [-0.15, -0.1) is 10.2 Å². The summed E-state index contributed by atoms with van der Waals surface area (Å²) in [5.41, 5.74) is 1.79. The number of nitrogens with one attached hydrogen (secondary N) is 1. The highest BCUT2D eigenvalue weighted by molar-refractivity contribution is 8.01. The van der Waals surface area contributed by atoms with Crippen LogP contribution in [0.15, 0.2) is 9.85 Å². The Morgan fingerprint density at radius 3 is 2.81 bits per heavy atom. The zero-order valence-electron chi connectivity index (χ0n) is 9.52. The molecule has 3 nitrogen and oxygen atoms in total. The van der Waals surface area contributed by atoms with Gasteiger partial charge in [0.2, 0.25) is 0 Å². The third-order valence-electron chi connectivity index (χ3n) is 2.96. The maximum atomic E-state index is 4.02. The van der Waals surface area contributed by atoms with Gasteiger partial charge in [-0.05, 0) is 12.8 Å². The molecule has 0 unspecified atom stereocenters. The maximum absolute atomic E-state index is 4.02. The van der Waals surface area contributed by atoms with Crippen LogP contribution < -0.4 is 5.32 Å². The molecule has 1 saturated carbocycles. The molecule has 0 aromatic carbocycles. The van der Waals surface area contributed by atoms with Crippen LogP contribution in [0.1, 0.15) is 38.5 Å². The molecule has 1 aromatic rings. The van der Waals surface area contributed by atoms with Crippen molar-refractivity contribution in [2.45, 2.75) is 48.9 Å². The normalized spacial score (nSPS) is 18.5. The number of hydrogen-bond donors (Lipinski definition) is 1. The minimum atomic E-state index is 0.762. The van der Waals surface area contributed by atoms with Crippen molar-refractivity contribution in [3.05, 3.63) is 5.51 Å². The Hall–Kier alpha value is -0.130. The Bertz CT molecular complexity index is 269. The smallest absolute Gasteiger partial charge is 0.174 e. The Balaban J connectivity index is 1.56. The van der Waals surface area contributed by atoms with Crippen LogP contribution in [0.25, 0.3) is 0 Å². The first-order chi connectivity index (χ1) is 7.95. The highest BCUT2D eigenvalue weighted by atomic mass is 32.2. The van der Waals surface area contributed by atoms with Crippen LogP contribution in [0.5, 0.6) is 0 Å². The van der Waals surface area contributed by atoms with Gasteiger partial charge in [-0.1, -0.05) is 48.8 Å². The second-order valence-corrected chi connectivity index (χ2v) is 6.37. The predicted molar refractivity (Wildman–Crippen MR) is 70.1 cm³/mol. The molecule has 0 spiro atoms. The van der Waals surface area contributed by atoms with Crippen molar-refractivity contribution in [2.75, 3.05) is 12.3 Å². The molecule has 90 valence electrons. The summed E-state index contributed by atoms with van der Waals surface area (Å²) in [7, 11) is 0. The first-order valence-corrected chi connectivity index (χ1v) is 7.94. The standard InChI is InChI=1S/C11H19N3S2/c1-2-4-6-10(5-3-1)12-7-8-15-11-14-13-9-16-11/h9-10,12H,1-8H2. The van der Waals surface area contributed by atoms with Gasteiger partial charge < -0.3 is 5.32 Å². The van der Waals surface area contributed by atoms with Crippen LogP contribution in [-0.2, 0) is 0 Å². The Kier molecular flexibility index (Phi) is 5.58. The molecule has 1 aliphatic carbocycles. The Morgan fingerprint density at radius 2 is 2.12 bits per heavy atom. The second-order valence-electron chi connectivity index (χ2n) is 4.20. The second kappa shape index (κ2) is 7.25. The number of aromatic nitrogens is 2. The monoisotopic (exact) mass is 257 g/mol. The first-order valence-electron chi connectivity index (χ1n) is 6.07. The van der Waals surface area contributed by atoms with E-state index in [1.165, 1.54) is 38.5 Å². The third kappa shape index (κ3) is 4.39. The van der Waals surface area contributed by atoms with Crippen LogP contribution in [0.3, 0.4) is 0 Å². The quantitative estimate of drug-likeness (QED) is 0.500. The summed E-state index contributed by atoms with van der Waals surface area (Å²) in [5.74, 6) is 1.10. The number of rotatable bonds is 5. The molecule has 1 aliphatic rings. The van der Waals surface area contributed by atoms with Gasteiger partial charge >= 0.3 is 0 Å². The maximum Gasteiger partial charge on any atom is 0.174 e. The van der Waals surface area contributed by atoms with E-state index < -0.39 is 0 Å². The summed E-state index contributed by atoms with van der Waals surface area (Å²) in [6.07, 6.45) is 8.39. The van der Waals surface area contributed by atoms with Gasteiger partial charge in [0.1, 0.15) is 5.51 Å². The van der Waals surface area contributed by atoms with E-state index in [2.05, 4.69) is 15.5 Å². The topological polar surface area (TPSA) is 37.8 Å². The highest BCUT2D eigenvalue weighted by Gasteiger charge is 2.10. The minimum Gasteiger partial charge on any atom is -0.313 e. The van der Waals surface area contributed by atoms with Gasteiger partial charge in [-0.25, -0.2) is 0 Å². The summed E-state index contributed by atoms with van der Waals surface area (Å²) < 4.78 is 1.09. The van der Waals surface area contributed by atoms with E-state index in [4.69, 9.17) is 0 Å². The fraction of sp³-hybridized carbons (Fsp3) is 0.818. The fourth-order valence-corrected chi connectivity index (χ4v) is 3.54. The van der Waals surface area contributed by atoms with Crippen LogP contribution in [0.4, 0.5) is 0 Å². The van der Waals surface area contributed by atoms with Crippen molar-refractivity contribution in [2.24, 2.45) is 0 Å². The predicted octanol–water partition coefficient (Wildman–Crippen LogP) is 2.94. The van der Waals surface area contributed by atoms with E-state index in [1.54, 1.807) is 28.6 Å². The Labute approximate surface area is 105 Å². The van der Waals surface area contributed by atoms with Crippen molar-refractivity contribution >= 4 is 23.1 Å². The average molecular weight is 257 g/mol. The van der Waals surface area contributed by atoms with E-state index in [-0.39, 0.29) is 0 Å². The number of thioether (sulfide) groups is 1. The zero-order valence-corrected chi connectivity index (χ0v) is 11.2. The molecule has 16 heavy (non-hydrogen) atoms. The Morgan fingerprint density at radius 1 is 1.31 bits per heavy atom. The van der Waals surface area contributed by atoms with Gasteiger partial charge in [0.05, 0.1) is 0 Å². The van der Waals surface area contributed by atoms with E-state index in [9.17, 15) is 0 Å². The fourth-order valence-electron chi connectivity index (χ4n) is 2.11. The molecule has 0 amide bonds. The summed E-state index contributed by atoms with van der Waals surface area (Å²) in [5, 5.41) is 11.5. The molecule has 1 heterocycles. The van der Waals surface area contributed by atoms with Crippen molar-refractivity contribution in [1.29, 1.82) is 0 Å². The van der Waals surface area contributed by atoms with E-state index in [0.717, 1.165) is 22.7 Å². The molecular weight excluding hydrogens is 238 g/mol. The summed E-state index contributed by atoms with van der Waals surface area (Å²) >= 11 is 3.43. The van der Waals surface area contributed by atoms with Crippen molar-refractivity contribution in [3.8, 4) is 0 Å². The molecule has 1 N–H and O–H groups in total. The minimum absolute atomic E-state index is 0.762. The third-order valence-corrected chi connectivity index (χ3v) is 4.82. The molecule has 0 aliphatic heterocycles. The van der Waals surface area contributed by atoms with Gasteiger partial charge in [0.25, 0.3) is 0 Å². The lowest BCUT2D eigenvalue weighted by Crippen LogP contribution is -2.30. The van der Waals surface area contributed by atoms with Crippen molar-refractivity contribution in [3.63, 3.8) is 0 Å². The van der Waals surface area contributed by atoms with Gasteiger partial charge in [0, 0.05) is 18.3 Å². The molecule has 0 atom stereocenters. The molecule has 5 heteroatoms. The van der Waals surface area contributed by atoms with Crippen LogP contribution in [0.2, 0.25) is 0 Å². The van der Waals surface area contributed by atoms with E-state index in [1.807, 2.05) is 0 Å². The molecule has 1 aromatic heterocycles. The first kappa shape index (κ1) is 12.3. The van der Waals surface area contributed by atoms with Crippen LogP contribution >= 0.6 is 23.1 Å². The highest BCUT2D eigenvalue weighted by Crippen LogP contribution is 2.19. The lowest BCUT2D eigenvalue weighted by Gasteiger charge is -2.15. The van der Waals surface area contributed by atoms with Crippen molar-refractivity contribution in [1.82, 2.24) is 15.5 Å². The van der Waals surface area contributed by atoms with E-state index in [0.29, 0.717) is 0 Å². The van der Waals surface area contributed by atoms with Gasteiger partial charge in [-0.3, -0.25) is 0 Å². The summed E-state index contributed by atoms with van der Waals surface area (Å²) in [6.45, 7) is 1.09. The zero-order chi connectivity index (χ0) is 11.1. The largest absolute Gasteiger partial charge is 0.313 e. The molecular formula is C11H19N3S2. The van der Waals surface area contributed by atoms with Crippen LogP contribution in [0, 0.1) is 0 Å². The summed E-state index contributed by atoms with van der Waals surface area (Å²) in [4.78, 5) is 0. The molecule has 1 fully saturated rings. The van der Waals surface area contributed by atoms with Crippen molar-refractivity contribution < 1.29 is 0 Å². The average Bonchev–Trinajstić information content (AvgIpc) is 2.68. The molecule has 2 rings (SSSR count). The van der Waals surface area contributed by atoms with E-state index >= 15 is 0 Å². The van der Waals surface area contributed by atoms with Gasteiger partial charge in [-0.2, -0.15) is 0 Å². The molecule has 0 radical (unpaired) electrons. The lowest BCUT2D eigenvalue weighted by molar-refractivity contribution is 0.474. The summed E-state index contributed by atoms with van der Waals surface area (Å²) in [6, 6.07) is 0.762. The van der Waals surface area contributed by atoms with Gasteiger partial charge in [0.15, 0.2) is 4.34 Å². The molecule has 0 saturated heterocycles. The lowest BCUT2D eigenvalue weighted by atomic mass is 10.1. The molecule has 0 bridgehead atoms. The number of nitrogens with zero attached hydrogens (tertiary/aromatic N) is 2. The SMILES string of the molecule is c1nnc(SCCNC2CCCCCC2)s1.